The molecule has 0 radical (unpaired) electrons. The fourth-order valence-electron chi connectivity index (χ4n) is 1.90. The Morgan fingerprint density at radius 3 is 3.06 bits per heavy atom. The summed E-state index contributed by atoms with van der Waals surface area (Å²) >= 11 is 0. The Morgan fingerprint density at radius 2 is 2.38 bits per heavy atom. The number of ether oxygens (including phenoxy) is 1. The van der Waals surface area contributed by atoms with Gasteiger partial charge in [0, 0.05) is 12.8 Å². The van der Waals surface area contributed by atoms with Crippen molar-refractivity contribution in [1.82, 2.24) is 0 Å². The second-order valence-corrected chi connectivity index (χ2v) is 3.82. The lowest BCUT2D eigenvalue weighted by Crippen LogP contribution is -2.18. The molecule has 1 amide bonds. The normalized spacial score (nSPS) is 15.8. The molecule has 0 aliphatic carbocycles. The van der Waals surface area contributed by atoms with E-state index in [1.807, 2.05) is 0 Å². The van der Waals surface area contributed by atoms with Crippen molar-refractivity contribution < 1.29 is 13.9 Å². The predicted molar refractivity (Wildman–Crippen MR) is 57.5 cm³/mol. The SMILES string of the molecule is COCC(N)c1cc(F)cc2c1NC(=O)C2. The number of nitrogens with one attached hydrogen (secondary N) is 1. The van der Waals surface area contributed by atoms with Crippen LogP contribution in [0.4, 0.5) is 10.1 Å². The highest BCUT2D eigenvalue weighted by Gasteiger charge is 2.24. The van der Waals surface area contributed by atoms with Crippen LogP contribution >= 0.6 is 0 Å². The van der Waals surface area contributed by atoms with Crippen molar-refractivity contribution in [2.45, 2.75) is 12.5 Å². The van der Waals surface area contributed by atoms with E-state index in [1.54, 1.807) is 0 Å². The molecule has 0 fully saturated rings. The molecular weight excluding hydrogens is 211 g/mol. The third-order valence-electron chi connectivity index (χ3n) is 2.58. The summed E-state index contributed by atoms with van der Waals surface area (Å²) in [7, 11) is 1.53. The fraction of sp³-hybridized carbons (Fsp3) is 0.364. The Bertz CT molecular complexity index is 434. The number of nitrogens with two attached hydrogens (primary N) is 1. The summed E-state index contributed by atoms with van der Waals surface area (Å²) in [6.45, 7) is 0.283. The third-order valence-corrected chi connectivity index (χ3v) is 2.58. The lowest BCUT2D eigenvalue weighted by molar-refractivity contribution is -0.115. The van der Waals surface area contributed by atoms with Crippen LogP contribution in [0.15, 0.2) is 12.1 Å². The Labute approximate surface area is 92.6 Å². The van der Waals surface area contributed by atoms with Crippen LogP contribution in [0.2, 0.25) is 0 Å². The second kappa shape index (κ2) is 4.19. The highest BCUT2D eigenvalue weighted by Crippen LogP contribution is 2.31. The van der Waals surface area contributed by atoms with Gasteiger partial charge in [-0.2, -0.15) is 0 Å². The van der Waals surface area contributed by atoms with E-state index in [0.29, 0.717) is 16.8 Å². The molecule has 0 bridgehead atoms. The molecule has 2 rings (SSSR count). The van der Waals surface area contributed by atoms with E-state index < -0.39 is 6.04 Å². The van der Waals surface area contributed by atoms with Gasteiger partial charge in [0.05, 0.1) is 19.1 Å². The minimum atomic E-state index is -0.437. The van der Waals surface area contributed by atoms with E-state index in [0.717, 1.165) is 0 Å². The number of fused-ring (bicyclic) bond motifs is 1. The van der Waals surface area contributed by atoms with Crippen molar-refractivity contribution in [1.29, 1.82) is 0 Å². The Morgan fingerprint density at radius 1 is 1.62 bits per heavy atom. The number of benzene rings is 1. The number of rotatable bonds is 3. The largest absolute Gasteiger partial charge is 0.383 e. The Balaban J connectivity index is 2.42. The van der Waals surface area contributed by atoms with Gasteiger partial charge < -0.3 is 15.8 Å². The van der Waals surface area contributed by atoms with Gasteiger partial charge in [-0.05, 0) is 23.3 Å². The van der Waals surface area contributed by atoms with Crippen molar-refractivity contribution in [2.24, 2.45) is 5.73 Å². The van der Waals surface area contributed by atoms with Crippen LogP contribution in [-0.2, 0) is 16.0 Å². The molecule has 86 valence electrons. The van der Waals surface area contributed by atoms with E-state index in [-0.39, 0.29) is 24.8 Å². The molecule has 1 aliphatic rings. The summed E-state index contributed by atoms with van der Waals surface area (Å²) in [4.78, 5) is 11.2. The predicted octanol–water partition coefficient (Wildman–Crippen LogP) is 0.967. The van der Waals surface area contributed by atoms with Crippen molar-refractivity contribution in [2.75, 3.05) is 19.0 Å². The molecule has 1 unspecified atom stereocenters. The number of carbonyl (C=O) groups excluding carboxylic acids is 1. The summed E-state index contributed by atoms with van der Waals surface area (Å²) < 4.78 is 18.2. The van der Waals surface area contributed by atoms with Crippen LogP contribution in [0.5, 0.6) is 0 Å². The van der Waals surface area contributed by atoms with Crippen LogP contribution in [0.3, 0.4) is 0 Å². The molecule has 0 saturated carbocycles. The van der Waals surface area contributed by atoms with E-state index in [2.05, 4.69) is 5.32 Å². The van der Waals surface area contributed by atoms with E-state index in [4.69, 9.17) is 10.5 Å². The molecule has 0 aromatic heterocycles. The number of hydrogen-bond acceptors (Lipinski definition) is 3. The summed E-state index contributed by atoms with van der Waals surface area (Å²) in [6, 6.07) is 2.26. The second-order valence-electron chi connectivity index (χ2n) is 3.82. The molecule has 1 aromatic rings. The number of halogens is 1. The van der Waals surface area contributed by atoms with E-state index in [1.165, 1.54) is 19.2 Å². The molecule has 1 aromatic carbocycles. The molecule has 5 heteroatoms. The first-order valence-corrected chi connectivity index (χ1v) is 4.98. The zero-order valence-electron chi connectivity index (χ0n) is 8.92. The van der Waals surface area contributed by atoms with Crippen LogP contribution in [0.1, 0.15) is 17.2 Å². The van der Waals surface area contributed by atoms with Gasteiger partial charge in [0.15, 0.2) is 0 Å². The van der Waals surface area contributed by atoms with Gasteiger partial charge in [-0.1, -0.05) is 0 Å². The van der Waals surface area contributed by atoms with Crippen molar-refractivity contribution in [3.63, 3.8) is 0 Å². The maximum Gasteiger partial charge on any atom is 0.228 e. The molecule has 4 nitrogen and oxygen atoms in total. The zero-order valence-corrected chi connectivity index (χ0v) is 8.92. The van der Waals surface area contributed by atoms with E-state index in [9.17, 15) is 9.18 Å². The summed E-state index contributed by atoms with van der Waals surface area (Å²) in [6.07, 6.45) is 0.208. The molecule has 1 atom stereocenters. The maximum absolute atomic E-state index is 13.3. The molecular formula is C11H13FN2O2. The van der Waals surface area contributed by atoms with Gasteiger partial charge in [0.25, 0.3) is 0 Å². The monoisotopic (exact) mass is 224 g/mol. The van der Waals surface area contributed by atoms with Crippen LogP contribution < -0.4 is 11.1 Å². The minimum Gasteiger partial charge on any atom is -0.383 e. The van der Waals surface area contributed by atoms with Gasteiger partial charge in [-0.3, -0.25) is 4.79 Å². The maximum atomic E-state index is 13.3. The fourth-order valence-corrected chi connectivity index (χ4v) is 1.90. The summed E-state index contributed by atoms with van der Waals surface area (Å²) in [5.41, 5.74) is 7.73. The lowest BCUT2D eigenvalue weighted by Gasteiger charge is -2.15. The first kappa shape index (κ1) is 11.0. The van der Waals surface area contributed by atoms with Crippen molar-refractivity contribution in [3.05, 3.63) is 29.1 Å². The molecule has 16 heavy (non-hydrogen) atoms. The molecule has 1 aliphatic heterocycles. The number of carbonyl (C=O) groups is 1. The van der Waals surface area contributed by atoms with E-state index >= 15 is 0 Å². The van der Waals surface area contributed by atoms with Crippen LogP contribution in [0.25, 0.3) is 0 Å². The first-order valence-electron chi connectivity index (χ1n) is 4.98. The smallest absolute Gasteiger partial charge is 0.228 e. The Hall–Kier alpha value is -1.46. The number of methoxy groups -OCH3 is 1. The number of hydrogen-bond donors (Lipinski definition) is 2. The topological polar surface area (TPSA) is 64.3 Å². The third kappa shape index (κ3) is 1.91. The van der Waals surface area contributed by atoms with Gasteiger partial charge in [-0.15, -0.1) is 0 Å². The van der Waals surface area contributed by atoms with Crippen LogP contribution in [0, 0.1) is 5.82 Å². The standard InChI is InChI=1S/C11H13FN2O2/c1-16-5-9(13)8-4-7(12)2-6-3-10(15)14-11(6)8/h2,4,9H,3,5,13H2,1H3,(H,14,15). The van der Waals surface area contributed by atoms with Crippen molar-refractivity contribution in [3.8, 4) is 0 Å². The average Bonchev–Trinajstić information content (AvgIpc) is 2.57. The number of anilines is 1. The molecule has 0 spiro atoms. The average molecular weight is 224 g/mol. The first-order chi connectivity index (χ1) is 7.61. The lowest BCUT2D eigenvalue weighted by atomic mass is 10.0. The molecule has 1 heterocycles. The summed E-state index contributed by atoms with van der Waals surface area (Å²) in [5, 5.41) is 2.69. The highest BCUT2D eigenvalue weighted by molar-refractivity contribution is 6.00. The highest BCUT2D eigenvalue weighted by atomic mass is 19.1. The Kier molecular flexibility index (Phi) is 2.89. The zero-order chi connectivity index (χ0) is 11.7. The molecule has 0 saturated heterocycles. The van der Waals surface area contributed by atoms with Crippen LogP contribution in [-0.4, -0.2) is 19.6 Å². The number of amides is 1. The van der Waals surface area contributed by atoms with Crippen molar-refractivity contribution >= 4 is 11.6 Å². The summed E-state index contributed by atoms with van der Waals surface area (Å²) in [5.74, 6) is -0.511. The van der Waals surface area contributed by atoms with Gasteiger partial charge in [0.2, 0.25) is 5.91 Å². The molecule has 3 N–H and O–H groups in total. The minimum absolute atomic E-state index is 0.133. The van der Waals surface area contributed by atoms with Gasteiger partial charge >= 0.3 is 0 Å². The quantitative estimate of drug-likeness (QED) is 0.804. The van der Waals surface area contributed by atoms with Gasteiger partial charge in [0.1, 0.15) is 5.82 Å². The van der Waals surface area contributed by atoms with Gasteiger partial charge in [-0.25, -0.2) is 4.39 Å².